The molecule has 1 unspecified atom stereocenters. The molecule has 1 saturated heterocycles. The molecule has 1 aliphatic rings. The fraction of sp³-hybridized carbons (Fsp3) is 0.400. The Morgan fingerprint density at radius 1 is 1.62 bits per heavy atom. The molecule has 0 aromatic heterocycles. The first-order chi connectivity index (χ1) is 7.66. The Hall–Kier alpha value is -1.14. The lowest BCUT2D eigenvalue weighted by Crippen LogP contribution is -2.33. The van der Waals surface area contributed by atoms with Gasteiger partial charge in [-0.25, -0.2) is 0 Å². The van der Waals surface area contributed by atoms with Gasteiger partial charge in [0, 0.05) is 23.7 Å². The second kappa shape index (κ2) is 4.80. The van der Waals surface area contributed by atoms with E-state index in [1.807, 2.05) is 0 Å². The fourth-order valence-corrected chi connectivity index (χ4v) is 1.84. The Kier molecular flexibility index (Phi) is 3.40. The van der Waals surface area contributed by atoms with Crippen LogP contribution < -0.4 is 5.32 Å². The van der Waals surface area contributed by atoms with E-state index in [9.17, 15) is 10.1 Å². The quantitative estimate of drug-likeness (QED) is 0.682. The van der Waals surface area contributed by atoms with E-state index in [-0.39, 0.29) is 11.8 Å². The molecule has 6 heteroatoms. The lowest BCUT2D eigenvalue weighted by molar-refractivity contribution is -0.384. The SMILES string of the molecule is O=[N+]([O-])c1ccc(Br)cc1NCC1CCO1. The van der Waals surface area contributed by atoms with E-state index in [4.69, 9.17) is 4.74 Å². The Morgan fingerprint density at radius 2 is 2.38 bits per heavy atom. The van der Waals surface area contributed by atoms with Crippen LogP contribution in [0.15, 0.2) is 22.7 Å². The largest absolute Gasteiger partial charge is 0.377 e. The molecule has 1 aliphatic heterocycles. The predicted molar refractivity (Wildman–Crippen MR) is 63.6 cm³/mol. The van der Waals surface area contributed by atoms with Crippen LogP contribution in [-0.2, 0) is 4.74 Å². The van der Waals surface area contributed by atoms with Crippen molar-refractivity contribution >= 4 is 27.3 Å². The summed E-state index contributed by atoms with van der Waals surface area (Å²) in [7, 11) is 0. The van der Waals surface area contributed by atoms with Crippen LogP contribution in [-0.4, -0.2) is 24.2 Å². The number of benzene rings is 1. The Labute approximate surface area is 101 Å². The highest BCUT2D eigenvalue weighted by atomic mass is 79.9. The standard InChI is InChI=1S/C10H11BrN2O3/c11-7-1-2-10(13(14)15)9(5-7)12-6-8-3-4-16-8/h1-2,5,8,12H,3-4,6H2. The van der Waals surface area contributed by atoms with Crippen LogP contribution in [0, 0.1) is 10.1 Å². The first-order valence-corrected chi connectivity index (χ1v) is 5.75. The van der Waals surface area contributed by atoms with Crippen LogP contribution >= 0.6 is 15.9 Å². The van der Waals surface area contributed by atoms with E-state index in [1.165, 1.54) is 6.07 Å². The van der Waals surface area contributed by atoms with Gasteiger partial charge in [0.1, 0.15) is 5.69 Å². The fourth-order valence-electron chi connectivity index (χ4n) is 1.48. The molecule has 5 nitrogen and oxygen atoms in total. The topological polar surface area (TPSA) is 64.4 Å². The van der Waals surface area contributed by atoms with E-state index >= 15 is 0 Å². The molecule has 1 aromatic carbocycles. The number of nitrogens with one attached hydrogen (secondary N) is 1. The van der Waals surface area contributed by atoms with Crippen LogP contribution in [0.4, 0.5) is 11.4 Å². The average Bonchev–Trinajstić information content (AvgIpc) is 2.14. The second-order valence-electron chi connectivity index (χ2n) is 3.58. The normalized spacial score (nSPS) is 18.9. The van der Waals surface area contributed by atoms with Crippen molar-refractivity contribution < 1.29 is 9.66 Å². The van der Waals surface area contributed by atoms with Crippen LogP contribution in [0.3, 0.4) is 0 Å². The third-order valence-electron chi connectivity index (χ3n) is 2.47. The zero-order chi connectivity index (χ0) is 11.5. The van der Waals surface area contributed by atoms with E-state index in [0.717, 1.165) is 17.5 Å². The summed E-state index contributed by atoms with van der Waals surface area (Å²) >= 11 is 3.29. The first kappa shape index (κ1) is 11.3. The zero-order valence-electron chi connectivity index (χ0n) is 8.48. The maximum atomic E-state index is 10.8. The summed E-state index contributed by atoms with van der Waals surface area (Å²) in [5.41, 5.74) is 0.609. The molecule has 1 fully saturated rings. The molecular formula is C10H11BrN2O3. The number of hydrogen-bond acceptors (Lipinski definition) is 4. The molecule has 16 heavy (non-hydrogen) atoms. The molecule has 1 aromatic rings. The lowest BCUT2D eigenvalue weighted by atomic mass is 10.2. The van der Waals surface area contributed by atoms with Crippen molar-refractivity contribution in [1.82, 2.24) is 0 Å². The van der Waals surface area contributed by atoms with Gasteiger partial charge in [0.25, 0.3) is 5.69 Å². The number of hydrogen-bond donors (Lipinski definition) is 1. The smallest absolute Gasteiger partial charge is 0.292 e. The summed E-state index contributed by atoms with van der Waals surface area (Å²) in [5.74, 6) is 0. The Morgan fingerprint density at radius 3 is 2.94 bits per heavy atom. The van der Waals surface area contributed by atoms with Gasteiger partial charge in [0.05, 0.1) is 11.0 Å². The van der Waals surface area contributed by atoms with Gasteiger partial charge in [-0.15, -0.1) is 0 Å². The van der Waals surface area contributed by atoms with Gasteiger partial charge < -0.3 is 10.1 Å². The van der Waals surface area contributed by atoms with Crippen LogP contribution in [0.1, 0.15) is 6.42 Å². The van der Waals surface area contributed by atoms with Gasteiger partial charge in [-0.2, -0.15) is 0 Å². The van der Waals surface area contributed by atoms with E-state index in [1.54, 1.807) is 12.1 Å². The zero-order valence-corrected chi connectivity index (χ0v) is 10.1. The minimum Gasteiger partial charge on any atom is -0.377 e. The van der Waals surface area contributed by atoms with Gasteiger partial charge in [0.2, 0.25) is 0 Å². The van der Waals surface area contributed by atoms with Crippen molar-refractivity contribution in [1.29, 1.82) is 0 Å². The van der Waals surface area contributed by atoms with E-state index in [0.29, 0.717) is 12.2 Å². The van der Waals surface area contributed by atoms with Gasteiger partial charge in [0.15, 0.2) is 0 Å². The summed E-state index contributed by atoms with van der Waals surface area (Å²) < 4.78 is 6.05. The number of anilines is 1. The van der Waals surface area contributed by atoms with Crippen molar-refractivity contribution in [2.24, 2.45) is 0 Å². The maximum Gasteiger partial charge on any atom is 0.292 e. The third-order valence-corrected chi connectivity index (χ3v) is 2.96. The first-order valence-electron chi connectivity index (χ1n) is 4.96. The van der Waals surface area contributed by atoms with Gasteiger partial charge in [-0.05, 0) is 18.6 Å². The lowest BCUT2D eigenvalue weighted by Gasteiger charge is -2.26. The van der Waals surface area contributed by atoms with Crippen LogP contribution in [0.25, 0.3) is 0 Å². The summed E-state index contributed by atoms with van der Waals surface area (Å²) in [6.07, 6.45) is 1.19. The third kappa shape index (κ3) is 2.51. The molecule has 1 heterocycles. The van der Waals surface area contributed by atoms with Crippen LogP contribution in [0.5, 0.6) is 0 Å². The van der Waals surface area contributed by atoms with Gasteiger partial charge in [-0.1, -0.05) is 15.9 Å². The average molecular weight is 287 g/mol. The second-order valence-corrected chi connectivity index (χ2v) is 4.50. The van der Waals surface area contributed by atoms with Crippen molar-refractivity contribution in [3.8, 4) is 0 Å². The number of nitro groups is 1. The summed E-state index contributed by atoms with van der Waals surface area (Å²) in [5, 5.41) is 13.8. The van der Waals surface area contributed by atoms with Crippen molar-refractivity contribution in [2.45, 2.75) is 12.5 Å². The molecule has 0 bridgehead atoms. The molecule has 1 atom stereocenters. The molecule has 0 radical (unpaired) electrons. The molecule has 0 saturated carbocycles. The van der Waals surface area contributed by atoms with E-state index in [2.05, 4.69) is 21.2 Å². The van der Waals surface area contributed by atoms with Crippen LogP contribution in [0.2, 0.25) is 0 Å². The van der Waals surface area contributed by atoms with Crippen molar-refractivity contribution in [3.05, 3.63) is 32.8 Å². The highest BCUT2D eigenvalue weighted by Crippen LogP contribution is 2.28. The molecule has 1 N–H and O–H groups in total. The number of ether oxygens (including phenoxy) is 1. The van der Waals surface area contributed by atoms with Crippen molar-refractivity contribution in [3.63, 3.8) is 0 Å². The summed E-state index contributed by atoms with van der Waals surface area (Å²) in [6, 6.07) is 4.84. The maximum absolute atomic E-state index is 10.8. The summed E-state index contributed by atoms with van der Waals surface area (Å²) in [4.78, 5) is 10.4. The molecule has 2 rings (SSSR count). The molecule has 0 aliphatic carbocycles. The highest BCUT2D eigenvalue weighted by Gasteiger charge is 2.20. The number of rotatable bonds is 4. The highest BCUT2D eigenvalue weighted by molar-refractivity contribution is 9.10. The minimum absolute atomic E-state index is 0.0857. The van der Waals surface area contributed by atoms with Gasteiger partial charge >= 0.3 is 0 Å². The molecule has 0 amide bonds. The van der Waals surface area contributed by atoms with Gasteiger partial charge in [-0.3, -0.25) is 10.1 Å². The minimum atomic E-state index is -0.392. The number of nitrogens with zero attached hydrogens (tertiary/aromatic N) is 1. The summed E-state index contributed by atoms with van der Waals surface area (Å²) in [6.45, 7) is 1.39. The van der Waals surface area contributed by atoms with Crippen molar-refractivity contribution in [2.75, 3.05) is 18.5 Å². The monoisotopic (exact) mass is 286 g/mol. The predicted octanol–water partition coefficient (Wildman–Crippen LogP) is 2.56. The number of halogens is 1. The Bertz CT molecular complexity index is 407. The van der Waals surface area contributed by atoms with E-state index < -0.39 is 4.92 Å². The number of nitro benzene ring substituents is 1. The Balaban J connectivity index is 2.09. The molecule has 0 spiro atoms. The molecular weight excluding hydrogens is 276 g/mol. The molecule has 86 valence electrons.